The molecule has 1 fully saturated rings. The second-order valence-electron chi connectivity index (χ2n) is 5.83. The zero-order valence-electron chi connectivity index (χ0n) is 13.0. The van der Waals surface area contributed by atoms with Crippen molar-refractivity contribution in [2.45, 2.75) is 26.3 Å². The number of benzene rings is 1. The van der Waals surface area contributed by atoms with Gasteiger partial charge in [0.05, 0.1) is 0 Å². The van der Waals surface area contributed by atoms with Crippen LogP contribution in [0.1, 0.15) is 31.9 Å². The molecule has 1 heterocycles. The van der Waals surface area contributed by atoms with E-state index >= 15 is 0 Å². The molecule has 22 heavy (non-hydrogen) atoms. The van der Waals surface area contributed by atoms with Crippen molar-refractivity contribution in [3.05, 3.63) is 23.5 Å². The molecular weight excluding hydrogens is 328 g/mol. The summed E-state index contributed by atoms with van der Waals surface area (Å²) in [6.45, 7) is 8.03. The zero-order valence-corrected chi connectivity index (χ0v) is 14.6. The fourth-order valence-electron chi connectivity index (χ4n) is 2.78. The van der Waals surface area contributed by atoms with E-state index in [4.69, 9.17) is 5.73 Å². The van der Waals surface area contributed by atoms with Crippen LogP contribution in [0.3, 0.4) is 0 Å². The highest BCUT2D eigenvalue weighted by molar-refractivity contribution is 5.85. The molecule has 1 aliphatic rings. The Balaban J connectivity index is 0.00000220. The molecule has 0 aliphatic carbocycles. The fraction of sp³-hybridized carbons (Fsp3) is 0.600. The van der Waals surface area contributed by atoms with Crippen LogP contribution in [0.4, 0.5) is 10.1 Å². The van der Waals surface area contributed by atoms with Gasteiger partial charge in [0, 0.05) is 37.8 Å². The highest BCUT2D eigenvalue weighted by Gasteiger charge is 2.26. The van der Waals surface area contributed by atoms with Crippen molar-refractivity contribution in [2.75, 3.05) is 31.9 Å². The van der Waals surface area contributed by atoms with Crippen LogP contribution < -0.4 is 11.1 Å². The van der Waals surface area contributed by atoms with E-state index in [1.807, 2.05) is 0 Å². The summed E-state index contributed by atoms with van der Waals surface area (Å²) in [7, 11) is 0. The lowest BCUT2D eigenvalue weighted by molar-refractivity contribution is 0.151. The van der Waals surface area contributed by atoms with Gasteiger partial charge in [-0.2, -0.15) is 0 Å². The van der Waals surface area contributed by atoms with Gasteiger partial charge in [-0.3, -0.25) is 4.90 Å². The van der Waals surface area contributed by atoms with Gasteiger partial charge in [-0.15, -0.1) is 24.8 Å². The average molecular weight is 354 g/mol. The Hall–Kier alpha value is -0.750. The largest absolute Gasteiger partial charge is 0.505 e. The van der Waals surface area contributed by atoms with Crippen molar-refractivity contribution in [3.63, 3.8) is 0 Å². The lowest BCUT2D eigenvalue weighted by Crippen LogP contribution is -2.45. The van der Waals surface area contributed by atoms with Crippen LogP contribution in [0.15, 0.2) is 12.1 Å². The fourth-order valence-corrected chi connectivity index (χ4v) is 2.78. The van der Waals surface area contributed by atoms with Gasteiger partial charge in [0.1, 0.15) is 17.3 Å². The van der Waals surface area contributed by atoms with E-state index in [9.17, 15) is 9.50 Å². The summed E-state index contributed by atoms with van der Waals surface area (Å²) in [5.74, 6) is -0.176. The third-order valence-corrected chi connectivity index (χ3v) is 3.84. The van der Waals surface area contributed by atoms with Crippen LogP contribution >= 0.6 is 24.8 Å². The van der Waals surface area contributed by atoms with Gasteiger partial charge in [0.15, 0.2) is 0 Å². The number of phenols is 1. The maximum absolute atomic E-state index is 13.4. The molecule has 1 saturated heterocycles. The van der Waals surface area contributed by atoms with Gasteiger partial charge < -0.3 is 16.2 Å². The molecule has 1 aliphatic heterocycles. The minimum atomic E-state index is -0.560. The smallest absolute Gasteiger partial charge is 0.149 e. The first-order valence-electron chi connectivity index (χ1n) is 7.22. The summed E-state index contributed by atoms with van der Waals surface area (Å²) in [6, 6.07) is 3.09. The summed E-state index contributed by atoms with van der Waals surface area (Å²) in [6.07, 6.45) is 0.915. The Morgan fingerprint density at radius 3 is 2.41 bits per heavy atom. The minimum absolute atomic E-state index is 0. The number of phenolic OH excluding ortho intramolecular Hbond substituents is 1. The third kappa shape index (κ3) is 4.88. The molecule has 0 radical (unpaired) electrons. The Bertz CT molecular complexity index is 468. The van der Waals surface area contributed by atoms with E-state index in [0.717, 1.165) is 38.2 Å². The first-order valence-corrected chi connectivity index (χ1v) is 7.22. The van der Waals surface area contributed by atoms with Crippen molar-refractivity contribution < 1.29 is 9.50 Å². The van der Waals surface area contributed by atoms with Gasteiger partial charge in [-0.1, -0.05) is 19.9 Å². The van der Waals surface area contributed by atoms with E-state index < -0.39 is 5.82 Å². The molecular formula is C15H26Cl2FN3O. The van der Waals surface area contributed by atoms with E-state index in [-0.39, 0.29) is 42.3 Å². The van der Waals surface area contributed by atoms with Gasteiger partial charge >= 0.3 is 0 Å². The van der Waals surface area contributed by atoms with Crippen LogP contribution in [-0.2, 0) is 0 Å². The number of nitrogen functional groups attached to an aromatic ring is 1. The molecule has 0 saturated carbocycles. The maximum atomic E-state index is 13.4. The maximum Gasteiger partial charge on any atom is 0.149 e. The van der Waals surface area contributed by atoms with E-state index in [2.05, 4.69) is 24.1 Å². The van der Waals surface area contributed by atoms with Gasteiger partial charge in [0.2, 0.25) is 0 Å². The normalized spacial score (nSPS) is 16.7. The topological polar surface area (TPSA) is 61.5 Å². The molecule has 7 heteroatoms. The lowest BCUT2D eigenvalue weighted by atomic mass is 9.93. The molecule has 0 spiro atoms. The molecule has 1 atom stereocenters. The standard InChI is InChI=1S/C15H24FN3O.2ClH/c1-10(2)9-13(19-7-5-18-6-8-19)11-3-4-12(16)14(17)15(11)20;;/h3-4,10,13,18,20H,5-9,17H2,1-2H3;2*1H/t13-;;/m0../s1. The predicted octanol–water partition coefficient (Wildman–Crippen LogP) is 2.95. The summed E-state index contributed by atoms with van der Waals surface area (Å²) < 4.78 is 13.4. The Morgan fingerprint density at radius 1 is 1.27 bits per heavy atom. The predicted molar refractivity (Wildman–Crippen MR) is 93.6 cm³/mol. The molecule has 0 unspecified atom stereocenters. The molecule has 1 aromatic carbocycles. The van der Waals surface area contributed by atoms with Crippen LogP contribution in [-0.4, -0.2) is 36.2 Å². The van der Waals surface area contributed by atoms with Crippen LogP contribution in [0.25, 0.3) is 0 Å². The molecule has 0 aromatic heterocycles. The van der Waals surface area contributed by atoms with Gasteiger partial charge in [-0.25, -0.2) is 4.39 Å². The number of anilines is 1. The zero-order chi connectivity index (χ0) is 14.7. The van der Waals surface area contributed by atoms with Gasteiger partial charge in [-0.05, 0) is 18.4 Å². The van der Waals surface area contributed by atoms with Crippen LogP contribution in [0.5, 0.6) is 5.75 Å². The van der Waals surface area contributed by atoms with Crippen molar-refractivity contribution in [3.8, 4) is 5.75 Å². The minimum Gasteiger partial charge on any atom is -0.505 e. The second-order valence-corrected chi connectivity index (χ2v) is 5.83. The molecule has 4 N–H and O–H groups in total. The highest BCUT2D eigenvalue weighted by Crippen LogP contribution is 2.37. The highest BCUT2D eigenvalue weighted by atomic mass is 35.5. The first-order chi connectivity index (χ1) is 9.50. The van der Waals surface area contributed by atoms with E-state index in [1.165, 1.54) is 6.07 Å². The molecule has 0 bridgehead atoms. The molecule has 128 valence electrons. The average Bonchev–Trinajstić information content (AvgIpc) is 2.44. The van der Waals surface area contributed by atoms with Crippen LogP contribution in [0.2, 0.25) is 0 Å². The number of aromatic hydroxyl groups is 1. The second kappa shape index (κ2) is 9.40. The van der Waals surface area contributed by atoms with Gasteiger partial charge in [0.25, 0.3) is 0 Å². The number of nitrogens with zero attached hydrogens (tertiary/aromatic N) is 1. The van der Waals surface area contributed by atoms with Crippen molar-refractivity contribution in [1.29, 1.82) is 0 Å². The Labute approximate surface area is 144 Å². The number of halogens is 3. The molecule has 4 nitrogen and oxygen atoms in total. The van der Waals surface area contributed by atoms with Crippen molar-refractivity contribution in [2.24, 2.45) is 5.92 Å². The number of nitrogens with one attached hydrogen (secondary N) is 1. The number of hydrogen-bond acceptors (Lipinski definition) is 4. The van der Waals surface area contributed by atoms with Crippen LogP contribution in [0, 0.1) is 11.7 Å². The molecule has 1 aromatic rings. The molecule has 0 amide bonds. The summed E-state index contributed by atoms with van der Waals surface area (Å²) in [4.78, 5) is 2.34. The first kappa shape index (κ1) is 21.2. The summed E-state index contributed by atoms with van der Waals surface area (Å²) in [5, 5.41) is 13.5. The number of piperazine rings is 1. The Kier molecular flexibility index (Phi) is 9.08. The van der Waals surface area contributed by atoms with E-state index in [1.54, 1.807) is 6.07 Å². The monoisotopic (exact) mass is 353 g/mol. The Morgan fingerprint density at radius 2 is 1.86 bits per heavy atom. The van der Waals surface area contributed by atoms with Crippen molar-refractivity contribution >= 4 is 30.5 Å². The van der Waals surface area contributed by atoms with Crippen molar-refractivity contribution in [1.82, 2.24) is 10.2 Å². The summed E-state index contributed by atoms with van der Waals surface area (Å²) >= 11 is 0. The number of hydrogen-bond donors (Lipinski definition) is 3. The third-order valence-electron chi connectivity index (χ3n) is 3.84. The lowest BCUT2D eigenvalue weighted by Gasteiger charge is -2.36. The quantitative estimate of drug-likeness (QED) is 0.575. The number of rotatable bonds is 4. The summed E-state index contributed by atoms with van der Waals surface area (Å²) in [5.41, 5.74) is 6.21. The molecule has 2 rings (SSSR count). The van der Waals surface area contributed by atoms with E-state index in [0.29, 0.717) is 5.92 Å². The SMILES string of the molecule is CC(C)C[C@@H](c1ccc(F)c(N)c1O)N1CCNCC1.Cl.Cl. The number of nitrogens with two attached hydrogens (primary N) is 1.